The number of hydrogen-bond donors (Lipinski definition) is 1. The molecule has 4 atom stereocenters. The van der Waals surface area contributed by atoms with Crippen LogP contribution in [0.1, 0.15) is 26.2 Å². The third-order valence-electron chi connectivity index (χ3n) is 2.93. The van der Waals surface area contributed by atoms with Crippen molar-refractivity contribution in [1.82, 2.24) is 0 Å². The molecule has 1 nitrogen and oxygen atoms in total. The molecule has 1 N–H and O–H groups in total. The number of hydrogen-bond acceptors (Lipinski definition) is 1. The summed E-state index contributed by atoms with van der Waals surface area (Å²) in [6, 6.07) is 0. The molecule has 0 amide bonds. The number of halogens is 1. The van der Waals surface area contributed by atoms with E-state index in [1.54, 1.807) is 0 Å². The van der Waals surface area contributed by atoms with Gasteiger partial charge < -0.3 is 5.11 Å². The molecule has 0 saturated heterocycles. The highest BCUT2D eigenvalue weighted by Crippen LogP contribution is 2.53. The first-order valence-corrected chi connectivity index (χ1v) is 4.40. The second-order valence-corrected chi connectivity index (χ2v) is 4.55. The Balaban J connectivity index is 2.08. The molecule has 2 heteroatoms. The zero-order valence-corrected chi connectivity index (χ0v) is 6.93. The molecule has 58 valence electrons. The van der Waals surface area contributed by atoms with Crippen molar-refractivity contribution >= 4 is 11.6 Å². The molecule has 2 rings (SSSR count). The molecule has 0 aromatic heterocycles. The summed E-state index contributed by atoms with van der Waals surface area (Å²) in [4.78, 5) is 0. The first-order valence-electron chi connectivity index (χ1n) is 3.96. The lowest BCUT2D eigenvalue weighted by molar-refractivity contribution is 0.0228. The Kier molecular flexibility index (Phi) is 1.31. The summed E-state index contributed by atoms with van der Waals surface area (Å²) in [7, 11) is 0. The molecule has 0 aromatic carbocycles. The Labute approximate surface area is 66.4 Å². The third kappa shape index (κ3) is 0.960. The smallest absolute Gasteiger partial charge is 0.0785 e. The van der Waals surface area contributed by atoms with Gasteiger partial charge in [0, 0.05) is 0 Å². The zero-order chi connectivity index (χ0) is 7.35. The molecule has 0 aliphatic heterocycles. The molecule has 2 fully saturated rings. The zero-order valence-electron chi connectivity index (χ0n) is 6.18. The van der Waals surface area contributed by atoms with Gasteiger partial charge in [-0.3, -0.25) is 0 Å². The van der Waals surface area contributed by atoms with Crippen molar-refractivity contribution < 1.29 is 5.11 Å². The predicted octanol–water partition coefficient (Wildman–Crippen LogP) is 1.77. The summed E-state index contributed by atoms with van der Waals surface area (Å²) >= 11 is 5.98. The standard InChI is InChI=1S/C8H13ClO/c1-8(10)4-6-2-5(6)3-7(8)9/h5-7,10H,2-4H2,1H3/t5-,6+,7+,8+/m1/s1. The molecule has 2 aliphatic carbocycles. The predicted molar refractivity (Wildman–Crippen MR) is 41.1 cm³/mol. The maximum Gasteiger partial charge on any atom is 0.0785 e. The van der Waals surface area contributed by atoms with Gasteiger partial charge in [-0.15, -0.1) is 11.6 Å². The fourth-order valence-corrected chi connectivity index (χ4v) is 2.35. The molecule has 2 saturated carbocycles. The minimum Gasteiger partial charge on any atom is -0.389 e. The van der Waals surface area contributed by atoms with Crippen LogP contribution in [0.25, 0.3) is 0 Å². The van der Waals surface area contributed by atoms with Gasteiger partial charge in [-0.05, 0) is 38.0 Å². The summed E-state index contributed by atoms with van der Waals surface area (Å²) < 4.78 is 0. The van der Waals surface area contributed by atoms with Crippen molar-refractivity contribution in [1.29, 1.82) is 0 Å². The highest BCUT2D eigenvalue weighted by atomic mass is 35.5. The molecule has 0 unspecified atom stereocenters. The summed E-state index contributed by atoms with van der Waals surface area (Å²) in [6.07, 6.45) is 3.25. The average molecular weight is 161 g/mol. The Bertz CT molecular complexity index is 155. The summed E-state index contributed by atoms with van der Waals surface area (Å²) in [5, 5.41) is 9.70. The van der Waals surface area contributed by atoms with Crippen molar-refractivity contribution in [2.45, 2.75) is 37.2 Å². The minimum atomic E-state index is -0.584. The first kappa shape index (κ1) is 6.93. The number of fused-ring (bicyclic) bond motifs is 1. The van der Waals surface area contributed by atoms with E-state index in [1.807, 2.05) is 6.92 Å². The van der Waals surface area contributed by atoms with Crippen molar-refractivity contribution in [2.24, 2.45) is 11.8 Å². The molecule has 0 bridgehead atoms. The SMILES string of the molecule is C[C@]1(O)C[C@@H]2C[C@@H]2C[C@@H]1Cl. The summed E-state index contributed by atoms with van der Waals surface area (Å²) in [6.45, 7) is 1.86. The van der Waals surface area contributed by atoms with E-state index < -0.39 is 5.60 Å². The van der Waals surface area contributed by atoms with E-state index in [1.165, 1.54) is 6.42 Å². The van der Waals surface area contributed by atoms with Crippen molar-refractivity contribution in [3.8, 4) is 0 Å². The molecule has 0 heterocycles. The van der Waals surface area contributed by atoms with Gasteiger partial charge in [0.2, 0.25) is 0 Å². The van der Waals surface area contributed by atoms with Crippen LogP contribution in [0.3, 0.4) is 0 Å². The fourth-order valence-electron chi connectivity index (χ4n) is 2.03. The van der Waals surface area contributed by atoms with E-state index in [2.05, 4.69) is 0 Å². The van der Waals surface area contributed by atoms with E-state index in [0.717, 1.165) is 24.7 Å². The van der Waals surface area contributed by atoms with E-state index in [9.17, 15) is 5.11 Å². The molecule has 2 aliphatic rings. The lowest BCUT2D eigenvalue weighted by Crippen LogP contribution is -2.39. The Hall–Kier alpha value is 0.250. The Morgan fingerprint density at radius 1 is 1.40 bits per heavy atom. The number of alkyl halides is 1. The molecule has 0 radical (unpaired) electrons. The molecule has 0 aromatic rings. The van der Waals surface area contributed by atoms with Crippen LogP contribution >= 0.6 is 11.6 Å². The normalized spacial score (nSPS) is 59.7. The van der Waals surface area contributed by atoms with Gasteiger partial charge in [0.05, 0.1) is 11.0 Å². The first-order chi connectivity index (χ1) is 4.59. The van der Waals surface area contributed by atoms with Gasteiger partial charge >= 0.3 is 0 Å². The van der Waals surface area contributed by atoms with Gasteiger partial charge in [-0.2, -0.15) is 0 Å². The Morgan fingerprint density at radius 2 is 2.10 bits per heavy atom. The van der Waals surface area contributed by atoms with Gasteiger partial charge in [0.1, 0.15) is 0 Å². The highest BCUT2D eigenvalue weighted by Gasteiger charge is 2.50. The molecular weight excluding hydrogens is 148 g/mol. The second-order valence-electron chi connectivity index (χ2n) is 4.02. The van der Waals surface area contributed by atoms with Crippen LogP contribution in [-0.4, -0.2) is 16.1 Å². The highest BCUT2D eigenvalue weighted by molar-refractivity contribution is 6.21. The number of rotatable bonds is 0. The quantitative estimate of drug-likeness (QED) is 0.536. The monoisotopic (exact) mass is 160 g/mol. The average Bonchev–Trinajstić information content (AvgIpc) is 2.44. The van der Waals surface area contributed by atoms with Crippen LogP contribution < -0.4 is 0 Å². The van der Waals surface area contributed by atoms with Crippen LogP contribution in [0.2, 0.25) is 0 Å². The van der Waals surface area contributed by atoms with Crippen molar-refractivity contribution in [3.63, 3.8) is 0 Å². The van der Waals surface area contributed by atoms with E-state index in [0.29, 0.717) is 0 Å². The minimum absolute atomic E-state index is 0.00347. The van der Waals surface area contributed by atoms with Gasteiger partial charge in [-0.1, -0.05) is 0 Å². The third-order valence-corrected chi connectivity index (χ3v) is 3.58. The maximum atomic E-state index is 9.71. The fraction of sp³-hybridized carbons (Fsp3) is 1.00. The van der Waals surface area contributed by atoms with Crippen LogP contribution in [0, 0.1) is 11.8 Å². The lowest BCUT2D eigenvalue weighted by atomic mass is 9.86. The van der Waals surface area contributed by atoms with Crippen LogP contribution in [-0.2, 0) is 0 Å². The molecular formula is C8H13ClO. The molecule has 0 spiro atoms. The van der Waals surface area contributed by atoms with E-state index in [4.69, 9.17) is 11.6 Å². The van der Waals surface area contributed by atoms with Gasteiger partial charge in [0.25, 0.3) is 0 Å². The van der Waals surface area contributed by atoms with Crippen LogP contribution in [0.5, 0.6) is 0 Å². The lowest BCUT2D eigenvalue weighted by Gasteiger charge is -2.32. The number of aliphatic hydroxyl groups is 1. The van der Waals surface area contributed by atoms with Gasteiger partial charge in [-0.25, -0.2) is 0 Å². The van der Waals surface area contributed by atoms with Crippen molar-refractivity contribution in [3.05, 3.63) is 0 Å². The van der Waals surface area contributed by atoms with Crippen LogP contribution in [0.15, 0.2) is 0 Å². The van der Waals surface area contributed by atoms with E-state index >= 15 is 0 Å². The van der Waals surface area contributed by atoms with Crippen molar-refractivity contribution in [2.75, 3.05) is 0 Å². The van der Waals surface area contributed by atoms with E-state index in [-0.39, 0.29) is 5.38 Å². The molecule has 10 heavy (non-hydrogen) atoms. The maximum absolute atomic E-state index is 9.71. The Morgan fingerprint density at radius 3 is 2.70 bits per heavy atom. The van der Waals surface area contributed by atoms with Gasteiger partial charge in [0.15, 0.2) is 0 Å². The summed E-state index contributed by atoms with van der Waals surface area (Å²) in [5.41, 5.74) is -0.584. The van der Waals surface area contributed by atoms with Crippen LogP contribution in [0.4, 0.5) is 0 Å². The summed E-state index contributed by atoms with van der Waals surface area (Å²) in [5.74, 6) is 1.65. The second kappa shape index (κ2) is 1.89. The topological polar surface area (TPSA) is 20.2 Å². The largest absolute Gasteiger partial charge is 0.389 e.